The highest BCUT2D eigenvalue weighted by atomic mass is 16.5. The van der Waals surface area contributed by atoms with Crippen molar-refractivity contribution >= 4 is 0 Å². The molecule has 0 bridgehead atoms. The maximum absolute atomic E-state index is 9.12. The Kier molecular flexibility index (Phi) is 8.24. The monoisotopic (exact) mass is 287 g/mol. The zero-order chi connectivity index (χ0) is 15.5. The second-order valence-electron chi connectivity index (χ2n) is 5.28. The number of nitrogens with one attached hydrogen (secondary N) is 1. The topological polar surface area (TPSA) is 68.8 Å². The zero-order valence-corrected chi connectivity index (χ0v) is 13.2. The third kappa shape index (κ3) is 5.61. The lowest BCUT2D eigenvalue weighted by atomic mass is 9.90. The van der Waals surface area contributed by atoms with E-state index in [1.165, 1.54) is 0 Å². The number of allylic oxidation sites excluding steroid dienone is 4. The third-order valence-electron chi connectivity index (χ3n) is 3.72. The van der Waals surface area contributed by atoms with Gasteiger partial charge in [0.25, 0.3) is 0 Å². The SMILES string of the molecule is CCCOCCN/C1=C(\C)C(=C(C#N)C#N)CCCCC1. The Balaban J connectivity index is 2.83. The highest BCUT2D eigenvalue weighted by Gasteiger charge is 2.15. The van der Waals surface area contributed by atoms with Crippen LogP contribution in [0.5, 0.6) is 0 Å². The van der Waals surface area contributed by atoms with Crippen molar-refractivity contribution in [2.45, 2.75) is 52.4 Å². The predicted molar refractivity (Wildman–Crippen MR) is 83.1 cm³/mol. The first-order chi connectivity index (χ1) is 10.2. The van der Waals surface area contributed by atoms with Gasteiger partial charge in [0.15, 0.2) is 0 Å². The Morgan fingerprint density at radius 2 is 1.86 bits per heavy atom. The second-order valence-corrected chi connectivity index (χ2v) is 5.28. The first-order valence-corrected chi connectivity index (χ1v) is 7.79. The van der Waals surface area contributed by atoms with Gasteiger partial charge in [-0.3, -0.25) is 0 Å². The van der Waals surface area contributed by atoms with E-state index in [9.17, 15) is 0 Å². The molecule has 4 nitrogen and oxygen atoms in total. The fourth-order valence-electron chi connectivity index (χ4n) is 2.55. The number of nitrogens with zero attached hydrogens (tertiary/aromatic N) is 2. The highest BCUT2D eigenvalue weighted by Crippen LogP contribution is 2.28. The zero-order valence-electron chi connectivity index (χ0n) is 13.2. The molecule has 0 aliphatic heterocycles. The summed E-state index contributed by atoms with van der Waals surface area (Å²) >= 11 is 0. The number of hydrogen-bond donors (Lipinski definition) is 1. The molecule has 1 N–H and O–H groups in total. The van der Waals surface area contributed by atoms with Crippen LogP contribution in [0.2, 0.25) is 0 Å². The second kappa shape index (κ2) is 10.0. The Bertz CT molecular complexity index is 461. The molecule has 1 rings (SSSR count). The Hall–Kier alpha value is -1.78. The number of hydrogen-bond acceptors (Lipinski definition) is 4. The van der Waals surface area contributed by atoms with Crippen molar-refractivity contribution in [3.05, 3.63) is 22.4 Å². The largest absolute Gasteiger partial charge is 0.386 e. The summed E-state index contributed by atoms with van der Waals surface area (Å²) in [5.41, 5.74) is 3.41. The molecule has 0 aromatic carbocycles. The van der Waals surface area contributed by atoms with Gasteiger partial charge in [-0.05, 0) is 50.2 Å². The van der Waals surface area contributed by atoms with E-state index in [1.54, 1.807) is 0 Å². The van der Waals surface area contributed by atoms with Gasteiger partial charge in [0.05, 0.1) is 6.61 Å². The molecule has 0 unspecified atom stereocenters. The smallest absolute Gasteiger partial charge is 0.133 e. The Labute approximate surface area is 128 Å². The van der Waals surface area contributed by atoms with E-state index in [-0.39, 0.29) is 5.57 Å². The number of rotatable bonds is 6. The molecule has 0 heterocycles. The molecule has 0 saturated heterocycles. The van der Waals surface area contributed by atoms with E-state index in [4.69, 9.17) is 15.3 Å². The molecule has 21 heavy (non-hydrogen) atoms. The molecule has 4 heteroatoms. The van der Waals surface area contributed by atoms with Gasteiger partial charge in [0.1, 0.15) is 17.7 Å². The molecular formula is C17H25N3O. The first-order valence-electron chi connectivity index (χ1n) is 7.79. The van der Waals surface area contributed by atoms with Crippen LogP contribution in [0.15, 0.2) is 22.4 Å². The van der Waals surface area contributed by atoms with E-state index in [2.05, 4.69) is 12.2 Å². The molecule has 1 aliphatic rings. The number of nitriles is 2. The van der Waals surface area contributed by atoms with Gasteiger partial charge in [0, 0.05) is 18.8 Å². The third-order valence-corrected chi connectivity index (χ3v) is 3.72. The average molecular weight is 287 g/mol. The van der Waals surface area contributed by atoms with Gasteiger partial charge in [-0.15, -0.1) is 0 Å². The van der Waals surface area contributed by atoms with Gasteiger partial charge in [-0.25, -0.2) is 0 Å². The Morgan fingerprint density at radius 3 is 2.52 bits per heavy atom. The van der Waals surface area contributed by atoms with Crippen LogP contribution in [0.3, 0.4) is 0 Å². The molecule has 0 aromatic rings. The van der Waals surface area contributed by atoms with Gasteiger partial charge in [-0.2, -0.15) is 10.5 Å². The molecule has 0 fully saturated rings. The minimum atomic E-state index is 0.260. The fourth-order valence-corrected chi connectivity index (χ4v) is 2.55. The van der Waals surface area contributed by atoms with Crippen LogP contribution in [0.1, 0.15) is 52.4 Å². The molecule has 1 aliphatic carbocycles. The average Bonchev–Trinajstić information content (AvgIpc) is 2.49. The minimum Gasteiger partial charge on any atom is -0.386 e. The lowest BCUT2D eigenvalue weighted by molar-refractivity contribution is 0.138. The van der Waals surface area contributed by atoms with Crippen LogP contribution in [-0.4, -0.2) is 19.8 Å². The molecular weight excluding hydrogens is 262 g/mol. The van der Waals surface area contributed by atoms with Crippen LogP contribution in [0.4, 0.5) is 0 Å². The summed E-state index contributed by atoms with van der Waals surface area (Å²) in [7, 11) is 0. The summed E-state index contributed by atoms with van der Waals surface area (Å²) in [6.45, 7) is 6.36. The maximum atomic E-state index is 9.12. The van der Waals surface area contributed by atoms with Crippen LogP contribution >= 0.6 is 0 Å². The summed E-state index contributed by atoms with van der Waals surface area (Å²) < 4.78 is 5.48. The normalized spacial score (nSPS) is 19.1. The number of ether oxygens (including phenoxy) is 1. The van der Waals surface area contributed by atoms with Gasteiger partial charge in [-0.1, -0.05) is 13.3 Å². The lowest BCUT2D eigenvalue weighted by Crippen LogP contribution is -2.22. The maximum Gasteiger partial charge on any atom is 0.133 e. The van der Waals surface area contributed by atoms with Crippen LogP contribution in [-0.2, 0) is 4.74 Å². The quantitative estimate of drug-likeness (QED) is 0.599. The van der Waals surface area contributed by atoms with Crippen LogP contribution < -0.4 is 5.32 Å². The van der Waals surface area contributed by atoms with Crippen molar-refractivity contribution in [2.24, 2.45) is 0 Å². The molecule has 0 atom stereocenters. The van der Waals surface area contributed by atoms with Crippen molar-refractivity contribution in [2.75, 3.05) is 19.8 Å². The van der Waals surface area contributed by atoms with Crippen molar-refractivity contribution in [1.29, 1.82) is 10.5 Å². The van der Waals surface area contributed by atoms with Crippen LogP contribution in [0, 0.1) is 22.7 Å². The van der Waals surface area contributed by atoms with E-state index in [0.29, 0.717) is 6.61 Å². The van der Waals surface area contributed by atoms with E-state index in [0.717, 1.165) is 68.5 Å². The van der Waals surface area contributed by atoms with E-state index < -0.39 is 0 Å². The van der Waals surface area contributed by atoms with E-state index >= 15 is 0 Å². The van der Waals surface area contributed by atoms with Crippen molar-refractivity contribution in [3.8, 4) is 12.1 Å². The standard InChI is InChI=1S/C17H25N3O/c1-3-10-21-11-9-20-17-8-6-4-5-7-16(14(17)2)15(12-18)13-19/h20H,3-11H2,1-2H3/b17-14+. The molecule has 0 spiro atoms. The summed E-state index contributed by atoms with van der Waals surface area (Å²) in [6, 6.07) is 4.07. The summed E-state index contributed by atoms with van der Waals surface area (Å²) in [4.78, 5) is 0. The Morgan fingerprint density at radius 1 is 1.14 bits per heavy atom. The summed E-state index contributed by atoms with van der Waals surface area (Å²) in [5.74, 6) is 0. The molecule has 0 amide bonds. The van der Waals surface area contributed by atoms with Gasteiger partial charge < -0.3 is 10.1 Å². The van der Waals surface area contributed by atoms with Crippen molar-refractivity contribution < 1.29 is 4.74 Å². The van der Waals surface area contributed by atoms with Crippen LogP contribution in [0.25, 0.3) is 0 Å². The van der Waals surface area contributed by atoms with E-state index in [1.807, 2.05) is 19.1 Å². The summed E-state index contributed by atoms with van der Waals surface area (Å²) in [5, 5.41) is 21.7. The fraction of sp³-hybridized carbons (Fsp3) is 0.647. The minimum absolute atomic E-state index is 0.260. The highest BCUT2D eigenvalue weighted by molar-refractivity contribution is 5.49. The van der Waals surface area contributed by atoms with Crippen molar-refractivity contribution in [1.82, 2.24) is 5.32 Å². The van der Waals surface area contributed by atoms with Crippen molar-refractivity contribution in [3.63, 3.8) is 0 Å². The van der Waals surface area contributed by atoms with Gasteiger partial charge >= 0.3 is 0 Å². The molecule has 0 aromatic heterocycles. The first kappa shape index (κ1) is 17.3. The lowest BCUT2D eigenvalue weighted by Gasteiger charge is -2.20. The summed E-state index contributed by atoms with van der Waals surface area (Å²) in [6.07, 6.45) is 6.16. The predicted octanol–water partition coefficient (Wildman–Crippen LogP) is 3.58. The molecule has 0 saturated carbocycles. The molecule has 114 valence electrons. The molecule has 0 radical (unpaired) electrons. The van der Waals surface area contributed by atoms with Gasteiger partial charge in [0.2, 0.25) is 0 Å².